The fraction of sp³-hybridized carbons (Fsp3) is 0.600. The van der Waals surface area contributed by atoms with Crippen molar-refractivity contribution in [2.24, 2.45) is 0 Å². The fourth-order valence-electron chi connectivity index (χ4n) is 3.15. The third-order valence-electron chi connectivity index (χ3n) is 4.49. The number of allylic oxidation sites excluding steroid dienone is 8. The molecule has 0 atom stereocenters. The van der Waals surface area contributed by atoms with E-state index < -0.39 is 0 Å². The molecule has 0 saturated heterocycles. The summed E-state index contributed by atoms with van der Waals surface area (Å²) in [5.41, 5.74) is 4.85. The first-order valence-corrected chi connectivity index (χ1v) is 8.54. The Morgan fingerprint density at radius 3 is 2.45 bits per heavy atom. The Morgan fingerprint density at radius 2 is 1.65 bits per heavy atom. The summed E-state index contributed by atoms with van der Waals surface area (Å²) in [6.07, 6.45) is 26.3. The van der Waals surface area contributed by atoms with Crippen LogP contribution in [0.15, 0.2) is 47.1 Å². The Kier molecular flexibility index (Phi) is 6.91. The van der Waals surface area contributed by atoms with E-state index in [1.54, 1.807) is 16.7 Å². The molecule has 110 valence electrons. The largest absolute Gasteiger partial charge is 0.0853 e. The minimum absolute atomic E-state index is 1.15. The molecule has 0 heterocycles. The first kappa shape index (κ1) is 15.4. The van der Waals surface area contributed by atoms with Crippen LogP contribution >= 0.6 is 0 Å². The number of hydrogen-bond donors (Lipinski definition) is 0. The highest BCUT2D eigenvalue weighted by Gasteiger charge is 2.03. The first-order valence-electron chi connectivity index (χ1n) is 8.54. The summed E-state index contributed by atoms with van der Waals surface area (Å²) in [6, 6.07) is 0. The Labute approximate surface area is 125 Å². The lowest BCUT2D eigenvalue weighted by atomic mass is 9.96. The van der Waals surface area contributed by atoms with E-state index in [0.717, 1.165) is 6.42 Å². The highest BCUT2D eigenvalue weighted by Crippen LogP contribution is 2.23. The van der Waals surface area contributed by atoms with E-state index in [4.69, 9.17) is 0 Å². The molecule has 0 saturated carbocycles. The maximum absolute atomic E-state index is 2.53. The lowest BCUT2D eigenvalue weighted by Gasteiger charge is -2.10. The number of rotatable bonds is 3. The summed E-state index contributed by atoms with van der Waals surface area (Å²) in [7, 11) is 0. The van der Waals surface area contributed by atoms with Crippen molar-refractivity contribution in [3.8, 4) is 0 Å². The lowest BCUT2D eigenvalue weighted by molar-refractivity contribution is 0.625. The van der Waals surface area contributed by atoms with Crippen molar-refractivity contribution in [2.75, 3.05) is 0 Å². The molecule has 0 bridgehead atoms. The van der Waals surface area contributed by atoms with E-state index in [9.17, 15) is 0 Å². The van der Waals surface area contributed by atoms with E-state index in [2.05, 4.69) is 37.3 Å². The molecule has 0 N–H and O–H groups in total. The first-order chi connectivity index (χ1) is 9.84. The maximum atomic E-state index is 2.53. The van der Waals surface area contributed by atoms with Crippen molar-refractivity contribution >= 4 is 0 Å². The third-order valence-corrected chi connectivity index (χ3v) is 4.49. The van der Waals surface area contributed by atoms with Crippen LogP contribution in [0.4, 0.5) is 0 Å². The summed E-state index contributed by atoms with van der Waals surface area (Å²) in [6.45, 7) is 2.30. The molecule has 0 radical (unpaired) electrons. The van der Waals surface area contributed by atoms with E-state index >= 15 is 0 Å². The molecule has 0 spiro atoms. The van der Waals surface area contributed by atoms with Crippen molar-refractivity contribution in [2.45, 2.75) is 77.6 Å². The van der Waals surface area contributed by atoms with E-state index in [0.29, 0.717) is 0 Å². The van der Waals surface area contributed by atoms with Crippen LogP contribution in [0.5, 0.6) is 0 Å². The number of hydrogen-bond acceptors (Lipinski definition) is 0. The highest BCUT2D eigenvalue weighted by molar-refractivity contribution is 5.26. The minimum Gasteiger partial charge on any atom is -0.0853 e. The van der Waals surface area contributed by atoms with E-state index in [1.807, 2.05) is 0 Å². The van der Waals surface area contributed by atoms with Gasteiger partial charge in [-0.25, -0.2) is 0 Å². The second kappa shape index (κ2) is 9.00. The van der Waals surface area contributed by atoms with Crippen LogP contribution in [0, 0.1) is 0 Å². The topological polar surface area (TPSA) is 0 Å². The van der Waals surface area contributed by atoms with Gasteiger partial charge in [0.2, 0.25) is 0 Å². The zero-order valence-corrected chi connectivity index (χ0v) is 13.2. The van der Waals surface area contributed by atoms with Crippen molar-refractivity contribution < 1.29 is 0 Å². The van der Waals surface area contributed by atoms with Gasteiger partial charge < -0.3 is 0 Å². The van der Waals surface area contributed by atoms with Gasteiger partial charge in [0.15, 0.2) is 0 Å². The summed E-state index contributed by atoms with van der Waals surface area (Å²) in [4.78, 5) is 0. The van der Waals surface area contributed by atoms with Crippen molar-refractivity contribution in [3.05, 3.63) is 47.1 Å². The Morgan fingerprint density at radius 1 is 0.850 bits per heavy atom. The standard InChI is InChI=1S/C20H30/c1-18-10-4-2-3-5-12-19(13-7-6-11-18)16-17-20-14-8-9-15-20/h8,11,13-15H,2-7,9-10,12,16-17H2,1H3/b18-11+,19-13+. The van der Waals surface area contributed by atoms with Crippen LogP contribution in [0.2, 0.25) is 0 Å². The van der Waals surface area contributed by atoms with Crippen LogP contribution in [0.1, 0.15) is 77.6 Å². The van der Waals surface area contributed by atoms with Gasteiger partial charge in [-0.15, -0.1) is 0 Å². The normalized spacial score (nSPS) is 26.8. The molecular formula is C20H30. The quantitative estimate of drug-likeness (QED) is 0.503. The average molecular weight is 270 g/mol. The molecule has 0 heteroatoms. The van der Waals surface area contributed by atoms with Gasteiger partial charge >= 0.3 is 0 Å². The molecule has 0 unspecified atom stereocenters. The lowest BCUT2D eigenvalue weighted by Crippen LogP contribution is -1.90. The average Bonchev–Trinajstić information content (AvgIpc) is 2.95. The second-order valence-corrected chi connectivity index (χ2v) is 6.32. The van der Waals surface area contributed by atoms with Crippen LogP contribution in [-0.2, 0) is 0 Å². The van der Waals surface area contributed by atoms with Crippen molar-refractivity contribution in [1.29, 1.82) is 0 Å². The van der Waals surface area contributed by atoms with Gasteiger partial charge in [0.1, 0.15) is 0 Å². The molecule has 2 aliphatic carbocycles. The summed E-state index contributed by atoms with van der Waals surface area (Å²) in [5.74, 6) is 0. The molecule has 0 nitrogen and oxygen atoms in total. The molecule has 0 aromatic carbocycles. The summed E-state index contributed by atoms with van der Waals surface area (Å²) >= 11 is 0. The SMILES string of the molecule is C/C1=C\CC/C=C(/CCC2=CCC=C2)CCCCCC1. The zero-order valence-electron chi connectivity index (χ0n) is 13.2. The van der Waals surface area contributed by atoms with Crippen molar-refractivity contribution in [3.63, 3.8) is 0 Å². The second-order valence-electron chi connectivity index (χ2n) is 6.32. The van der Waals surface area contributed by atoms with Gasteiger partial charge in [-0.05, 0) is 64.7 Å². The van der Waals surface area contributed by atoms with E-state index in [-0.39, 0.29) is 0 Å². The molecular weight excluding hydrogens is 240 g/mol. The molecule has 2 rings (SSSR count). The molecule has 20 heavy (non-hydrogen) atoms. The van der Waals surface area contributed by atoms with E-state index in [1.165, 1.54) is 64.2 Å². The molecule has 2 aliphatic rings. The smallest absolute Gasteiger partial charge is 0.0160 e. The van der Waals surface area contributed by atoms with Gasteiger partial charge in [0.05, 0.1) is 0 Å². The Bertz CT molecular complexity index is 404. The maximum Gasteiger partial charge on any atom is -0.0160 e. The minimum atomic E-state index is 1.15. The van der Waals surface area contributed by atoms with Crippen LogP contribution in [-0.4, -0.2) is 0 Å². The van der Waals surface area contributed by atoms with Crippen LogP contribution in [0.3, 0.4) is 0 Å². The molecule has 0 aromatic rings. The molecule has 0 amide bonds. The predicted molar refractivity (Wildman–Crippen MR) is 89.9 cm³/mol. The predicted octanol–water partition coefficient (Wildman–Crippen LogP) is 6.66. The van der Waals surface area contributed by atoms with Gasteiger partial charge in [-0.1, -0.05) is 59.9 Å². The van der Waals surface area contributed by atoms with Gasteiger partial charge in [-0.3, -0.25) is 0 Å². The zero-order chi connectivity index (χ0) is 14.0. The van der Waals surface area contributed by atoms with Crippen molar-refractivity contribution in [1.82, 2.24) is 0 Å². The highest BCUT2D eigenvalue weighted by atomic mass is 14.1. The van der Waals surface area contributed by atoms with Gasteiger partial charge in [0.25, 0.3) is 0 Å². The van der Waals surface area contributed by atoms with Crippen LogP contribution in [0.25, 0.3) is 0 Å². The Balaban J connectivity index is 1.84. The van der Waals surface area contributed by atoms with Gasteiger partial charge in [0, 0.05) is 0 Å². The summed E-state index contributed by atoms with van der Waals surface area (Å²) in [5, 5.41) is 0. The van der Waals surface area contributed by atoms with Crippen LogP contribution < -0.4 is 0 Å². The monoisotopic (exact) mass is 270 g/mol. The summed E-state index contributed by atoms with van der Waals surface area (Å²) < 4.78 is 0. The molecule has 0 fully saturated rings. The fourth-order valence-corrected chi connectivity index (χ4v) is 3.15. The third kappa shape index (κ3) is 5.94. The Hall–Kier alpha value is -1.04. The molecule has 0 aromatic heterocycles. The molecule has 0 aliphatic heterocycles. The van der Waals surface area contributed by atoms with Gasteiger partial charge in [-0.2, -0.15) is 0 Å².